The van der Waals surface area contributed by atoms with Crippen LogP contribution in [0.5, 0.6) is 5.75 Å². The molecule has 0 bridgehead atoms. The lowest BCUT2D eigenvalue weighted by molar-refractivity contribution is -0.274. The minimum absolute atomic E-state index is 0. The van der Waals surface area contributed by atoms with E-state index in [1.165, 1.54) is 12.1 Å². The molecule has 27 heavy (non-hydrogen) atoms. The molecule has 1 aromatic heterocycles. The van der Waals surface area contributed by atoms with E-state index in [4.69, 9.17) is 0 Å². The van der Waals surface area contributed by atoms with Gasteiger partial charge in [-0.25, -0.2) is 4.98 Å². The Morgan fingerprint density at radius 2 is 1.78 bits per heavy atom. The first kappa shape index (κ1) is 23.5. The second-order valence-corrected chi connectivity index (χ2v) is 6.54. The Kier molecular flexibility index (Phi) is 9.84. The third-order valence-electron chi connectivity index (χ3n) is 3.43. The minimum Gasteiger partial charge on any atom is -0.406 e. The molecule has 1 heterocycles. The van der Waals surface area contributed by atoms with Gasteiger partial charge in [0.1, 0.15) is 5.75 Å². The number of benzene rings is 1. The zero-order chi connectivity index (χ0) is 19.0. The highest BCUT2D eigenvalue weighted by Crippen LogP contribution is 2.22. The van der Waals surface area contributed by atoms with Gasteiger partial charge in [0.2, 0.25) is 0 Å². The predicted molar refractivity (Wildman–Crippen MR) is 112 cm³/mol. The molecule has 0 radical (unpaired) electrons. The maximum absolute atomic E-state index is 12.1. The van der Waals surface area contributed by atoms with Crippen molar-refractivity contribution in [3.63, 3.8) is 0 Å². The lowest BCUT2D eigenvalue weighted by Gasteiger charge is -2.12. The van der Waals surface area contributed by atoms with Crippen molar-refractivity contribution >= 4 is 41.3 Å². The number of nitrogens with one attached hydrogen (secondary N) is 2. The van der Waals surface area contributed by atoms with Crippen LogP contribution in [0.1, 0.15) is 16.3 Å². The van der Waals surface area contributed by atoms with Gasteiger partial charge in [0.15, 0.2) is 5.96 Å². The smallest absolute Gasteiger partial charge is 0.406 e. The van der Waals surface area contributed by atoms with E-state index < -0.39 is 6.36 Å². The summed E-state index contributed by atoms with van der Waals surface area (Å²) in [7, 11) is 1.69. The monoisotopic (exact) mass is 514 g/mol. The number of ether oxygens (including phenoxy) is 1. The van der Waals surface area contributed by atoms with Gasteiger partial charge in [0.25, 0.3) is 0 Å². The van der Waals surface area contributed by atoms with Gasteiger partial charge in [-0.2, -0.15) is 0 Å². The number of aryl methyl sites for hydroxylation is 1. The van der Waals surface area contributed by atoms with E-state index in [0.717, 1.165) is 22.7 Å². The Labute approximate surface area is 177 Å². The number of thiazole rings is 1. The Morgan fingerprint density at radius 3 is 2.30 bits per heavy atom. The molecule has 1 aromatic carbocycles. The van der Waals surface area contributed by atoms with Crippen LogP contribution < -0.4 is 15.4 Å². The summed E-state index contributed by atoms with van der Waals surface area (Å²) in [5, 5.41) is 9.47. The van der Waals surface area contributed by atoms with Crippen LogP contribution in [-0.2, 0) is 12.8 Å². The Hall–Kier alpha value is -1.56. The van der Waals surface area contributed by atoms with Crippen LogP contribution >= 0.6 is 35.3 Å². The van der Waals surface area contributed by atoms with Crippen LogP contribution in [0.2, 0.25) is 0 Å². The fourth-order valence-corrected chi connectivity index (χ4v) is 2.88. The molecule has 0 fully saturated rings. The lowest BCUT2D eigenvalue weighted by atomic mass is 10.1. The quantitative estimate of drug-likeness (QED) is 0.334. The molecule has 0 atom stereocenters. The third-order valence-corrected chi connectivity index (χ3v) is 4.25. The van der Waals surface area contributed by atoms with Crippen LogP contribution in [-0.4, -0.2) is 37.4 Å². The number of nitrogens with zero attached hydrogens (tertiary/aromatic N) is 2. The normalized spacial score (nSPS) is 11.7. The van der Waals surface area contributed by atoms with Crippen molar-refractivity contribution in [2.75, 3.05) is 20.1 Å². The van der Waals surface area contributed by atoms with Crippen LogP contribution in [0, 0.1) is 6.92 Å². The maximum Gasteiger partial charge on any atom is 0.573 e. The number of aromatic nitrogens is 1. The van der Waals surface area contributed by atoms with Crippen molar-refractivity contribution in [3.05, 3.63) is 45.9 Å². The number of hydrogen-bond donors (Lipinski definition) is 2. The van der Waals surface area contributed by atoms with Gasteiger partial charge in [-0.05, 0) is 31.0 Å². The molecular formula is C17H22F3IN4OS. The molecule has 5 nitrogen and oxygen atoms in total. The van der Waals surface area contributed by atoms with Crippen LogP contribution in [0.3, 0.4) is 0 Å². The highest BCUT2D eigenvalue weighted by molar-refractivity contribution is 14.0. The summed E-state index contributed by atoms with van der Waals surface area (Å²) in [6.07, 6.45) is -3.21. The van der Waals surface area contributed by atoms with E-state index in [0.29, 0.717) is 25.5 Å². The molecule has 0 aliphatic rings. The van der Waals surface area contributed by atoms with E-state index in [1.807, 2.05) is 12.3 Å². The van der Waals surface area contributed by atoms with E-state index in [9.17, 15) is 13.2 Å². The second kappa shape index (κ2) is 11.3. The summed E-state index contributed by atoms with van der Waals surface area (Å²) in [5.41, 5.74) is 1.96. The molecule has 0 unspecified atom stereocenters. The van der Waals surface area contributed by atoms with Gasteiger partial charge in [-0.1, -0.05) is 12.1 Å². The third kappa shape index (κ3) is 9.27. The molecular weight excluding hydrogens is 492 g/mol. The summed E-state index contributed by atoms with van der Waals surface area (Å²) >= 11 is 1.63. The van der Waals surface area contributed by atoms with Crippen molar-refractivity contribution in [1.82, 2.24) is 15.6 Å². The van der Waals surface area contributed by atoms with E-state index in [2.05, 4.69) is 25.3 Å². The number of hydrogen-bond acceptors (Lipinski definition) is 4. The maximum atomic E-state index is 12.1. The molecule has 10 heteroatoms. The molecule has 0 saturated carbocycles. The average Bonchev–Trinajstić information content (AvgIpc) is 2.99. The first-order valence-electron chi connectivity index (χ1n) is 8.06. The Morgan fingerprint density at radius 1 is 1.15 bits per heavy atom. The number of guanidine groups is 1. The van der Waals surface area contributed by atoms with Crippen LogP contribution in [0.15, 0.2) is 34.6 Å². The fourth-order valence-electron chi connectivity index (χ4n) is 2.24. The van der Waals surface area contributed by atoms with Crippen LogP contribution in [0.4, 0.5) is 13.2 Å². The fraction of sp³-hybridized carbons (Fsp3) is 0.412. The molecule has 0 amide bonds. The van der Waals surface area contributed by atoms with E-state index >= 15 is 0 Å². The SMILES string of the molecule is CN=C(NCCc1ccc(OC(F)(F)F)cc1)NCCc1csc(C)n1.I. The highest BCUT2D eigenvalue weighted by Gasteiger charge is 2.30. The molecule has 2 aromatic rings. The molecule has 2 rings (SSSR count). The zero-order valence-corrected chi connectivity index (χ0v) is 18.1. The number of halogens is 4. The summed E-state index contributed by atoms with van der Waals surface area (Å²) < 4.78 is 40.2. The number of aliphatic imine (C=N–C) groups is 1. The van der Waals surface area contributed by atoms with Crippen LogP contribution in [0.25, 0.3) is 0 Å². The molecule has 0 aliphatic carbocycles. The highest BCUT2D eigenvalue weighted by atomic mass is 127. The number of rotatable bonds is 7. The summed E-state index contributed by atoms with van der Waals surface area (Å²) in [5.74, 6) is 0.456. The average molecular weight is 514 g/mol. The van der Waals surface area contributed by atoms with Crippen molar-refractivity contribution in [3.8, 4) is 5.75 Å². The van der Waals surface area contributed by atoms with Crippen molar-refractivity contribution in [2.45, 2.75) is 26.1 Å². The molecule has 0 spiro atoms. The van der Waals surface area contributed by atoms with Gasteiger partial charge < -0.3 is 15.4 Å². The van der Waals surface area contributed by atoms with Crippen molar-refractivity contribution in [2.24, 2.45) is 4.99 Å². The van der Waals surface area contributed by atoms with Gasteiger partial charge in [0, 0.05) is 31.9 Å². The Bertz CT molecular complexity index is 720. The molecule has 0 saturated heterocycles. The largest absolute Gasteiger partial charge is 0.573 e. The Balaban J connectivity index is 0.00000364. The summed E-state index contributed by atoms with van der Waals surface area (Å²) in [6.45, 7) is 3.30. The van der Waals surface area contributed by atoms with E-state index in [-0.39, 0.29) is 29.7 Å². The number of alkyl halides is 3. The molecule has 0 aliphatic heterocycles. The minimum atomic E-state index is -4.67. The van der Waals surface area contributed by atoms with Gasteiger partial charge in [0.05, 0.1) is 10.7 Å². The van der Waals surface area contributed by atoms with Gasteiger partial charge in [-0.3, -0.25) is 4.99 Å². The van der Waals surface area contributed by atoms with E-state index in [1.54, 1.807) is 30.5 Å². The standard InChI is InChI=1S/C17H21F3N4OS.HI/c1-12-24-14(11-26-12)8-10-23-16(21-2)22-9-7-13-3-5-15(6-4-13)25-17(18,19)20;/h3-6,11H,7-10H2,1-2H3,(H2,21,22,23);1H. The lowest BCUT2D eigenvalue weighted by Crippen LogP contribution is -2.39. The van der Waals surface area contributed by atoms with Crippen molar-refractivity contribution < 1.29 is 17.9 Å². The summed E-state index contributed by atoms with van der Waals surface area (Å²) in [4.78, 5) is 8.54. The zero-order valence-electron chi connectivity index (χ0n) is 15.0. The van der Waals surface area contributed by atoms with Crippen molar-refractivity contribution in [1.29, 1.82) is 0 Å². The first-order chi connectivity index (χ1) is 12.4. The van der Waals surface area contributed by atoms with Gasteiger partial charge in [-0.15, -0.1) is 48.5 Å². The predicted octanol–water partition coefficient (Wildman–Crippen LogP) is 3.92. The second-order valence-electron chi connectivity index (χ2n) is 5.48. The topological polar surface area (TPSA) is 58.5 Å². The first-order valence-corrected chi connectivity index (χ1v) is 8.94. The van der Waals surface area contributed by atoms with Gasteiger partial charge >= 0.3 is 6.36 Å². The molecule has 150 valence electrons. The summed E-state index contributed by atoms with van der Waals surface area (Å²) in [6, 6.07) is 5.85. The molecule has 2 N–H and O–H groups in total.